The van der Waals surface area contributed by atoms with Crippen LogP contribution in [-0.4, -0.2) is 9.55 Å². The maximum Gasteiger partial charge on any atom is 0.132 e. The van der Waals surface area contributed by atoms with Crippen LogP contribution in [0, 0.1) is 5.82 Å². The summed E-state index contributed by atoms with van der Waals surface area (Å²) in [4.78, 5) is 4.22. The van der Waals surface area contributed by atoms with Gasteiger partial charge < -0.3 is 10.3 Å². The Kier molecular flexibility index (Phi) is 2.16. The van der Waals surface area contributed by atoms with E-state index in [1.807, 2.05) is 17.7 Å². The summed E-state index contributed by atoms with van der Waals surface area (Å²) in [6.45, 7) is 0. The van der Waals surface area contributed by atoms with Crippen molar-refractivity contribution in [1.82, 2.24) is 9.55 Å². The highest BCUT2D eigenvalue weighted by molar-refractivity contribution is 7.14. The van der Waals surface area contributed by atoms with Crippen molar-refractivity contribution in [3.05, 3.63) is 35.6 Å². The molecule has 1 aromatic carbocycles. The van der Waals surface area contributed by atoms with E-state index in [4.69, 9.17) is 5.73 Å². The van der Waals surface area contributed by atoms with Crippen molar-refractivity contribution in [2.75, 3.05) is 5.73 Å². The van der Waals surface area contributed by atoms with Gasteiger partial charge in [-0.15, -0.1) is 11.3 Å². The van der Waals surface area contributed by atoms with Gasteiger partial charge in [0.15, 0.2) is 0 Å². The van der Waals surface area contributed by atoms with Crippen molar-refractivity contribution in [3.8, 4) is 11.4 Å². The van der Waals surface area contributed by atoms with Gasteiger partial charge in [-0.3, -0.25) is 0 Å². The Morgan fingerprint density at radius 1 is 1.41 bits per heavy atom. The summed E-state index contributed by atoms with van der Waals surface area (Å²) in [6.07, 6.45) is 0. The average Bonchev–Trinajstić information content (AvgIpc) is 2.85. The van der Waals surface area contributed by atoms with Crippen molar-refractivity contribution >= 4 is 27.2 Å². The van der Waals surface area contributed by atoms with E-state index in [2.05, 4.69) is 4.98 Å². The van der Waals surface area contributed by atoms with Crippen LogP contribution in [0.4, 0.5) is 9.39 Å². The molecule has 3 aromatic rings. The largest absolute Gasteiger partial charge is 0.389 e. The van der Waals surface area contributed by atoms with Gasteiger partial charge >= 0.3 is 0 Å². The first-order chi connectivity index (χ1) is 8.18. The predicted octanol–water partition coefficient (Wildman–Crippen LogP) is 3.02. The first-order valence-electron chi connectivity index (χ1n) is 5.12. The van der Waals surface area contributed by atoms with Gasteiger partial charge in [0.25, 0.3) is 0 Å². The molecule has 0 bridgehead atoms. The number of halogens is 1. The highest BCUT2D eigenvalue weighted by Crippen LogP contribution is 2.32. The van der Waals surface area contributed by atoms with Crippen LogP contribution in [0.3, 0.4) is 0 Å². The van der Waals surface area contributed by atoms with Gasteiger partial charge in [-0.05, 0) is 18.2 Å². The SMILES string of the molecule is Cn1c(-c2ncsc2N)cc2c(F)cccc21. The summed E-state index contributed by atoms with van der Waals surface area (Å²) >= 11 is 1.38. The second-order valence-corrected chi connectivity index (χ2v) is 4.71. The first kappa shape index (κ1) is 10.3. The summed E-state index contributed by atoms with van der Waals surface area (Å²) in [7, 11) is 1.88. The molecule has 0 spiro atoms. The first-order valence-corrected chi connectivity index (χ1v) is 5.99. The van der Waals surface area contributed by atoms with Crippen LogP contribution in [0.2, 0.25) is 0 Å². The lowest BCUT2D eigenvalue weighted by molar-refractivity contribution is 0.640. The van der Waals surface area contributed by atoms with Crippen LogP contribution in [-0.2, 0) is 7.05 Å². The van der Waals surface area contributed by atoms with Crippen molar-refractivity contribution in [2.45, 2.75) is 0 Å². The Morgan fingerprint density at radius 2 is 2.24 bits per heavy atom. The highest BCUT2D eigenvalue weighted by Gasteiger charge is 2.14. The average molecular weight is 247 g/mol. The van der Waals surface area contributed by atoms with Crippen LogP contribution < -0.4 is 5.73 Å². The quantitative estimate of drug-likeness (QED) is 0.718. The normalized spacial score (nSPS) is 11.2. The van der Waals surface area contributed by atoms with Gasteiger partial charge in [-0.1, -0.05) is 6.07 Å². The molecule has 3 nitrogen and oxygen atoms in total. The monoisotopic (exact) mass is 247 g/mol. The molecule has 0 saturated carbocycles. The number of thiazole rings is 1. The zero-order chi connectivity index (χ0) is 12.0. The van der Waals surface area contributed by atoms with E-state index in [0.717, 1.165) is 11.2 Å². The lowest BCUT2D eigenvalue weighted by Crippen LogP contribution is -1.93. The molecule has 0 atom stereocenters. The third-order valence-corrected chi connectivity index (χ3v) is 3.53. The number of nitrogens with zero attached hydrogens (tertiary/aromatic N) is 2. The van der Waals surface area contributed by atoms with Gasteiger partial charge in [0.05, 0.1) is 16.7 Å². The molecule has 17 heavy (non-hydrogen) atoms. The summed E-state index contributed by atoms with van der Waals surface area (Å²) in [5.41, 5.74) is 9.94. The number of aromatic nitrogens is 2. The molecule has 0 unspecified atom stereocenters. The number of rotatable bonds is 1. The zero-order valence-corrected chi connectivity index (χ0v) is 9.96. The van der Waals surface area contributed by atoms with E-state index in [1.54, 1.807) is 17.6 Å². The summed E-state index contributed by atoms with van der Waals surface area (Å²) < 4.78 is 15.6. The molecule has 86 valence electrons. The zero-order valence-electron chi connectivity index (χ0n) is 9.14. The maximum atomic E-state index is 13.7. The molecule has 0 amide bonds. The number of anilines is 1. The van der Waals surface area contributed by atoms with Crippen LogP contribution >= 0.6 is 11.3 Å². The fourth-order valence-electron chi connectivity index (χ4n) is 2.00. The molecule has 0 saturated heterocycles. The van der Waals surface area contributed by atoms with Crippen LogP contribution in [0.1, 0.15) is 0 Å². The Hall–Kier alpha value is -1.88. The van der Waals surface area contributed by atoms with E-state index in [-0.39, 0.29) is 5.82 Å². The number of nitrogen functional groups attached to an aromatic ring is 1. The molecule has 2 aromatic heterocycles. The van der Waals surface area contributed by atoms with E-state index < -0.39 is 0 Å². The van der Waals surface area contributed by atoms with Crippen molar-refractivity contribution in [1.29, 1.82) is 0 Å². The number of benzene rings is 1. The van der Waals surface area contributed by atoms with E-state index in [0.29, 0.717) is 16.1 Å². The van der Waals surface area contributed by atoms with Crippen molar-refractivity contribution < 1.29 is 4.39 Å². The Labute approximate surface area is 101 Å². The van der Waals surface area contributed by atoms with Gasteiger partial charge in [-0.25, -0.2) is 9.37 Å². The summed E-state index contributed by atoms with van der Waals surface area (Å²) in [5, 5.41) is 1.24. The second-order valence-electron chi connectivity index (χ2n) is 3.83. The van der Waals surface area contributed by atoms with Crippen LogP contribution in [0.5, 0.6) is 0 Å². The third kappa shape index (κ3) is 1.43. The summed E-state index contributed by atoms with van der Waals surface area (Å²) in [6, 6.07) is 6.82. The molecule has 3 rings (SSSR count). The fourth-order valence-corrected chi connectivity index (χ4v) is 2.54. The number of aryl methyl sites for hydroxylation is 1. The Bertz CT molecular complexity index is 699. The Morgan fingerprint density at radius 3 is 2.88 bits per heavy atom. The van der Waals surface area contributed by atoms with Gasteiger partial charge in [0, 0.05) is 12.4 Å². The van der Waals surface area contributed by atoms with Gasteiger partial charge in [-0.2, -0.15) is 0 Å². The number of hydrogen-bond acceptors (Lipinski definition) is 3. The molecular weight excluding hydrogens is 237 g/mol. The lowest BCUT2D eigenvalue weighted by Gasteiger charge is -2.01. The predicted molar refractivity (Wildman–Crippen MR) is 68.4 cm³/mol. The molecule has 2 heterocycles. The molecule has 5 heteroatoms. The van der Waals surface area contributed by atoms with E-state index >= 15 is 0 Å². The van der Waals surface area contributed by atoms with Crippen LogP contribution in [0.15, 0.2) is 29.8 Å². The van der Waals surface area contributed by atoms with E-state index in [1.165, 1.54) is 17.4 Å². The molecule has 2 N–H and O–H groups in total. The van der Waals surface area contributed by atoms with Crippen LogP contribution in [0.25, 0.3) is 22.3 Å². The lowest BCUT2D eigenvalue weighted by atomic mass is 10.2. The minimum Gasteiger partial charge on any atom is -0.389 e. The number of nitrogens with two attached hydrogens (primary N) is 1. The number of fused-ring (bicyclic) bond motifs is 1. The summed E-state index contributed by atoms with van der Waals surface area (Å²) in [5.74, 6) is -0.224. The topological polar surface area (TPSA) is 43.8 Å². The van der Waals surface area contributed by atoms with Crippen molar-refractivity contribution in [2.24, 2.45) is 7.05 Å². The maximum absolute atomic E-state index is 13.7. The minimum atomic E-state index is -0.224. The van der Waals surface area contributed by atoms with Gasteiger partial charge in [0.2, 0.25) is 0 Å². The molecule has 0 fully saturated rings. The standard InChI is InChI=1S/C12H10FN3S/c1-16-9-4-2-3-8(13)7(9)5-10(16)11-12(14)17-6-15-11/h2-6H,14H2,1H3. The molecular formula is C12H10FN3S. The Balaban J connectivity index is 2.36. The molecule has 0 aliphatic carbocycles. The molecule has 0 aliphatic heterocycles. The molecule has 0 aliphatic rings. The fraction of sp³-hybridized carbons (Fsp3) is 0.0833. The van der Waals surface area contributed by atoms with E-state index in [9.17, 15) is 4.39 Å². The number of hydrogen-bond donors (Lipinski definition) is 1. The highest BCUT2D eigenvalue weighted by atomic mass is 32.1. The van der Waals surface area contributed by atoms with Crippen molar-refractivity contribution in [3.63, 3.8) is 0 Å². The minimum absolute atomic E-state index is 0.224. The third-order valence-electron chi connectivity index (χ3n) is 2.87. The smallest absolute Gasteiger partial charge is 0.132 e. The van der Waals surface area contributed by atoms with Gasteiger partial charge in [0.1, 0.15) is 16.5 Å². The second kappa shape index (κ2) is 3.56. The molecule has 0 radical (unpaired) electrons.